The molecule has 1 nitrogen and oxygen atoms in total. The van der Waals surface area contributed by atoms with Gasteiger partial charge in [0.15, 0.2) is 0 Å². The summed E-state index contributed by atoms with van der Waals surface area (Å²) in [6, 6.07) is 6.01. The SMILES string of the molecule is Cc1cccc(C(C)(C)CC(C)(C)C)c1O. The van der Waals surface area contributed by atoms with Gasteiger partial charge in [-0.05, 0) is 35.3 Å². The van der Waals surface area contributed by atoms with Crippen molar-refractivity contribution in [1.29, 1.82) is 0 Å². The summed E-state index contributed by atoms with van der Waals surface area (Å²) in [6.07, 6.45) is 1.05. The lowest BCUT2D eigenvalue weighted by Crippen LogP contribution is -2.25. The van der Waals surface area contributed by atoms with Gasteiger partial charge in [0.25, 0.3) is 0 Å². The van der Waals surface area contributed by atoms with E-state index in [0.29, 0.717) is 5.75 Å². The lowest BCUT2D eigenvalue weighted by Gasteiger charge is -2.33. The fourth-order valence-electron chi connectivity index (χ4n) is 2.63. The molecule has 0 spiro atoms. The Hall–Kier alpha value is -0.980. The number of hydrogen-bond donors (Lipinski definition) is 1. The van der Waals surface area contributed by atoms with Gasteiger partial charge in [-0.2, -0.15) is 0 Å². The van der Waals surface area contributed by atoms with Gasteiger partial charge in [-0.15, -0.1) is 0 Å². The molecule has 0 fully saturated rings. The third-order valence-electron chi connectivity index (χ3n) is 2.94. The average Bonchev–Trinajstić information content (AvgIpc) is 2.05. The first-order valence-corrected chi connectivity index (χ1v) is 5.92. The summed E-state index contributed by atoms with van der Waals surface area (Å²) in [4.78, 5) is 0. The Labute approximate surface area is 99.5 Å². The Morgan fingerprint density at radius 3 is 2.12 bits per heavy atom. The van der Waals surface area contributed by atoms with Crippen molar-refractivity contribution in [3.05, 3.63) is 29.3 Å². The molecule has 0 unspecified atom stereocenters. The molecule has 0 atom stereocenters. The predicted molar refractivity (Wildman–Crippen MR) is 69.9 cm³/mol. The van der Waals surface area contributed by atoms with E-state index in [1.807, 2.05) is 25.1 Å². The molecule has 0 aromatic heterocycles. The second kappa shape index (κ2) is 4.12. The second-order valence-electron chi connectivity index (χ2n) is 6.59. The van der Waals surface area contributed by atoms with Gasteiger partial charge in [0, 0.05) is 0 Å². The zero-order valence-electron chi connectivity index (χ0n) is 11.4. The third-order valence-corrected chi connectivity index (χ3v) is 2.94. The van der Waals surface area contributed by atoms with Crippen LogP contribution in [0.4, 0.5) is 0 Å². The maximum absolute atomic E-state index is 10.1. The molecular formula is C15H24O. The minimum atomic E-state index is 0.00829. The Bertz CT molecular complexity index is 370. The van der Waals surface area contributed by atoms with E-state index in [9.17, 15) is 5.11 Å². The van der Waals surface area contributed by atoms with E-state index < -0.39 is 0 Å². The molecule has 0 saturated heterocycles. The summed E-state index contributed by atoms with van der Waals surface area (Å²) in [5.41, 5.74) is 2.29. The molecule has 0 aliphatic rings. The molecule has 1 N–H and O–H groups in total. The average molecular weight is 220 g/mol. The molecule has 0 bridgehead atoms. The molecule has 1 rings (SSSR count). The van der Waals surface area contributed by atoms with Gasteiger partial charge in [-0.25, -0.2) is 0 Å². The first-order chi connectivity index (χ1) is 7.13. The lowest BCUT2D eigenvalue weighted by molar-refractivity contribution is 0.278. The van der Waals surface area contributed by atoms with Crippen molar-refractivity contribution < 1.29 is 5.11 Å². The second-order valence-corrected chi connectivity index (χ2v) is 6.59. The minimum absolute atomic E-state index is 0.00829. The van der Waals surface area contributed by atoms with Gasteiger partial charge >= 0.3 is 0 Å². The zero-order chi connectivity index (χ0) is 12.6. The molecule has 0 radical (unpaired) electrons. The van der Waals surface area contributed by atoms with Crippen LogP contribution in [0.3, 0.4) is 0 Å². The van der Waals surface area contributed by atoms with Gasteiger partial charge in [-0.1, -0.05) is 52.8 Å². The molecule has 0 saturated carbocycles. The number of rotatable bonds is 2. The number of para-hydroxylation sites is 1. The highest BCUT2D eigenvalue weighted by Crippen LogP contribution is 2.40. The molecule has 0 heterocycles. The predicted octanol–water partition coefficient (Wildman–Crippen LogP) is 4.41. The molecule has 1 aromatic carbocycles. The molecule has 90 valence electrons. The van der Waals surface area contributed by atoms with Crippen molar-refractivity contribution in [1.82, 2.24) is 0 Å². The van der Waals surface area contributed by atoms with Crippen LogP contribution in [0.1, 0.15) is 52.2 Å². The first-order valence-electron chi connectivity index (χ1n) is 5.92. The first kappa shape index (κ1) is 13.1. The molecule has 0 aliphatic carbocycles. The van der Waals surface area contributed by atoms with Crippen LogP contribution in [0.5, 0.6) is 5.75 Å². The molecule has 1 aromatic rings. The molecule has 16 heavy (non-hydrogen) atoms. The van der Waals surface area contributed by atoms with E-state index in [1.165, 1.54) is 0 Å². The summed E-state index contributed by atoms with van der Waals surface area (Å²) in [6.45, 7) is 13.1. The van der Waals surface area contributed by atoms with Crippen molar-refractivity contribution >= 4 is 0 Å². The number of aromatic hydroxyl groups is 1. The summed E-state index contributed by atoms with van der Waals surface area (Å²) in [7, 11) is 0. The zero-order valence-corrected chi connectivity index (χ0v) is 11.4. The van der Waals surface area contributed by atoms with Crippen LogP contribution >= 0.6 is 0 Å². The van der Waals surface area contributed by atoms with Crippen LogP contribution in [0.25, 0.3) is 0 Å². The van der Waals surface area contributed by atoms with Crippen LogP contribution in [0, 0.1) is 12.3 Å². The Morgan fingerprint density at radius 2 is 1.62 bits per heavy atom. The number of hydrogen-bond acceptors (Lipinski definition) is 1. The highest BCUT2D eigenvalue weighted by molar-refractivity contribution is 5.43. The molecule has 0 aliphatic heterocycles. The van der Waals surface area contributed by atoms with Gasteiger partial charge in [0.1, 0.15) is 5.75 Å². The van der Waals surface area contributed by atoms with Crippen molar-refractivity contribution in [2.75, 3.05) is 0 Å². The van der Waals surface area contributed by atoms with E-state index >= 15 is 0 Å². The van der Waals surface area contributed by atoms with Gasteiger partial charge in [0.2, 0.25) is 0 Å². The summed E-state index contributed by atoms with van der Waals surface area (Å²) < 4.78 is 0. The van der Waals surface area contributed by atoms with Crippen molar-refractivity contribution in [2.45, 2.75) is 53.4 Å². The number of aryl methyl sites for hydroxylation is 1. The molecular weight excluding hydrogens is 196 g/mol. The summed E-state index contributed by atoms with van der Waals surface area (Å²) in [5, 5.41) is 10.1. The Balaban J connectivity index is 3.12. The van der Waals surface area contributed by atoms with E-state index in [1.54, 1.807) is 0 Å². The van der Waals surface area contributed by atoms with E-state index in [4.69, 9.17) is 0 Å². The van der Waals surface area contributed by atoms with Crippen LogP contribution in [0.2, 0.25) is 0 Å². The largest absolute Gasteiger partial charge is 0.507 e. The smallest absolute Gasteiger partial charge is 0.122 e. The normalized spacial score (nSPS) is 12.9. The van der Waals surface area contributed by atoms with Crippen LogP contribution in [0.15, 0.2) is 18.2 Å². The maximum atomic E-state index is 10.1. The Morgan fingerprint density at radius 1 is 1.06 bits per heavy atom. The molecule has 1 heteroatoms. The highest BCUT2D eigenvalue weighted by atomic mass is 16.3. The molecule has 0 amide bonds. The lowest BCUT2D eigenvalue weighted by atomic mass is 9.72. The van der Waals surface area contributed by atoms with Gasteiger partial charge in [0.05, 0.1) is 0 Å². The summed E-state index contributed by atoms with van der Waals surface area (Å²) >= 11 is 0. The maximum Gasteiger partial charge on any atom is 0.122 e. The van der Waals surface area contributed by atoms with Crippen LogP contribution < -0.4 is 0 Å². The number of benzene rings is 1. The fraction of sp³-hybridized carbons (Fsp3) is 0.600. The topological polar surface area (TPSA) is 20.2 Å². The van der Waals surface area contributed by atoms with Crippen LogP contribution in [-0.4, -0.2) is 5.11 Å². The van der Waals surface area contributed by atoms with E-state index in [0.717, 1.165) is 17.5 Å². The number of phenols is 1. The van der Waals surface area contributed by atoms with E-state index in [2.05, 4.69) is 34.6 Å². The summed E-state index contributed by atoms with van der Waals surface area (Å²) in [5.74, 6) is 0.455. The van der Waals surface area contributed by atoms with Gasteiger partial charge in [-0.3, -0.25) is 0 Å². The third kappa shape index (κ3) is 3.01. The minimum Gasteiger partial charge on any atom is -0.507 e. The Kier molecular flexibility index (Phi) is 3.37. The van der Waals surface area contributed by atoms with Gasteiger partial charge < -0.3 is 5.11 Å². The quantitative estimate of drug-likeness (QED) is 0.782. The van der Waals surface area contributed by atoms with Crippen molar-refractivity contribution in [2.24, 2.45) is 5.41 Å². The number of phenolic OH excluding ortho intramolecular Hbond substituents is 1. The van der Waals surface area contributed by atoms with E-state index in [-0.39, 0.29) is 10.8 Å². The monoisotopic (exact) mass is 220 g/mol. The van der Waals surface area contributed by atoms with Crippen LogP contribution in [-0.2, 0) is 5.41 Å². The fourth-order valence-corrected chi connectivity index (χ4v) is 2.63. The highest BCUT2D eigenvalue weighted by Gasteiger charge is 2.29. The van der Waals surface area contributed by atoms with Crippen molar-refractivity contribution in [3.63, 3.8) is 0 Å². The van der Waals surface area contributed by atoms with Crippen molar-refractivity contribution in [3.8, 4) is 5.75 Å². The standard InChI is InChI=1S/C15H24O/c1-11-8-7-9-12(13(11)16)15(5,6)10-14(2,3)4/h7-9,16H,10H2,1-6H3.